The molecule has 2 amide bonds. The van der Waals surface area contributed by atoms with E-state index in [9.17, 15) is 27.6 Å². The molecule has 42 heavy (non-hydrogen) atoms. The van der Waals surface area contributed by atoms with Crippen molar-refractivity contribution in [3.05, 3.63) is 71.8 Å². The van der Waals surface area contributed by atoms with Crippen molar-refractivity contribution in [2.45, 2.75) is 37.6 Å². The van der Waals surface area contributed by atoms with E-state index in [1.165, 1.54) is 12.0 Å². The van der Waals surface area contributed by atoms with E-state index in [2.05, 4.69) is 9.89 Å². The number of hydrogen-bond acceptors (Lipinski definition) is 6. The summed E-state index contributed by atoms with van der Waals surface area (Å²) < 4.78 is 37.1. The Bertz CT molecular complexity index is 1370. The number of alkyl halides is 3. The molecule has 0 unspecified atom stereocenters. The Morgan fingerprint density at radius 1 is 1.02 bits per heavy atom. The van der Waals surface area contributed by atoms with Crippen molar-refractivity contribution >= 4 is 29.7 Å². The van der Waals surface area contributed by atoms with E-state index in [4.69, 9.17) is 14.6 Å². The van der Waals surface area contributed by atoms with Gasteiger partial charge in [0.05, 0.1) is 31.5 Å². The van der Waals surface area contributed by atoms with Crippen molar-refractivity contribution in [3.8, 4) is 0 Å². The van der Waals surface area contributed by atoms with Gasteiger partial charge in [-0.1, -0.05) is 60.7 Å². The van der Waals surface area contributed by atoms with Gasteiger partial charge in [0, 0.05) is 26.6 Å². The number of methoxy groups -OCH3 is 1. The normalized spacial score (nSPS) is 25.7. The van der Waals surface area contributed by atoms with Gasteiger partial charge in [0.15, 0.2) is 11.5 Å². The third-order valence-corrected chi connectivity index (χ3v) is 7.90. The van der Waals surface area contributed by atoms with Crippen LogP contribution in [0.5, 0.6) is 0 Å². The van der Waals surface area contributed by atoms with Gasteiger partial charge in [-0.25, -0.2) is 9.59 Å². The molecule has 0 aliphatic carbocycles. The summed E-state index contributed by atoms with van der Waals surface area (Å²) in [5, 5.41) is 7.12. The maximum absolute atomic E-state index is 14.0. The summed E-state index contributed by atoms with van der Waals surface area (Å²) in [6.07, 6.45) is -4.84. The zero-order valence-electron chi connectivity index (χ0n) is 23.2. The molecule has 4 atom stereocenters. The highest BCUT2D eigenvalue weighted by Crippen LogP contribution is 2.53. The zero-order valence-corrected chi connectivity index (χ0v) is 23.2. The smallest absolute Gasteiger partial charge is 0.475 e. The first-order valence-electron chi connectivity index (χ1n) is 13.2. The highest BCUT2D eigenvalue weighted by atomic mass is 19.4. The van der Waals surface area contributed by atoms with Gasteiger partial charge in [0.2, 0.25) is 11.8 Å². The van der Waals surface area contributed by atoms with Gasteiger partial charge in [-0.2, -0.15) is 13.2 Å². The maximum Gasteiger partial charge on any atom is 0.490 e. The fourth-order valence-electron chi connectivity index (χ4n) is 6.25. The quantitative estimate of drug-likeness (QED) is 0.404. The van der Waals surface area contributed by atoms with Crippen LogP contribution in [0.3, 0.4) is 0 Å². The van der Waals surface area contributed by atoms with E-state index in [0.29, 0.717) is 19.0 Å². The molecule has 3 aliphatic rings. The van der Waals surface area contributed by atoms with Gasteiger partial charge < -0.3 is 19.6 Å². The van der Waals surface area contributed by atoms with E-state index in [-0.39, 0.29) is 30.8 Å². The molecule has 3 saturated heterocycles. The highest BCUT2D eigenvalue weighted by Gasteiger charge is 2.74. The number of amides is 2. The molecule has 5 rings (SSSR count). The van der Waals surface area contributed by atoms with Gasteiger partial charge in [-0.05, 0) is 18.1 Å². The summed E-state index contributed by atoms with van der Waals surface area (Å²) in [5.41, 5.74) is 0.391. The number of rotatable bonds is 6. The first kappa shape index (κ1) is 30.5. The predicted molar refractivity (Wildman–Crippen MR) is 144 cm³/mol. The first-order chi connectivity index (χ1) is 19.9. The number of guanidine groups is 1. The van der Waals surface area contributed by atoms with Crippen LogP contribution in [0.15, 0.2) is 65.7 Å². The molecular formula is C29H31F3N4O6. The second-order valence-corrected chi connectivity index (χ2v) is 10.1. The van der Waals surface area contributed by atoms with Gasteiger partial charge >= 0.3 is 18.1 Å². The molecule has 224 valence electrons. The molecule has 0 saturated carbocycles. The molecule has 10 nitrogen and oxygen atoms in total. The second-order valence-electron chi connectivity index (χ2n) is 10.1. The Balaban J connectivity index is 0.000000517. The van der Waals surface area contributed by atoms with Crippen LogP contribution in [0, 0.1) is 11.8 Å². The molecule has 13 heteroatoms. The van der Waals surface area contributed by atoms with Crippen molar-refractivity contribution in [2.24, 2.45) is 16.8 Å². The molecule has 3 fully saturated rings. The minimum atomic E-state index is -5.08. The summed E-state index contributed by atoms with van der Waals surface area (Å²) in [6.45, 7) is 3.41. The minimum absolute atomic E-state index is 0.188. The molecule has 0 spiro atoms. The Labute approximate surface area is 240 Å². The SMILES string of the molecule is CCN1C[C@@H]2[C@@H]3C(=O)N(Cc4ccccc4)C(=O)[C@@H]3[C@](Cc3ccccc3)(C(=O)OC)N2C1=NC.O=C(O)C(F)(F)F. The minimum Gasteiger partial charge on any atom is -0.475 e. The van der Waals surface area contributed by atoms with Crippen LogP contribution >= 0.6 is 0 Å². The van der Waals surface area contributed by atoms with Gasteiger partial charge in [-0.15, -0.1) is 0 Å². The number of carbonyl (C=O) groups excluding carboxylic acids is 3. The lowest BCUT2D eigenvalue weighted by atomic mass is 9.76. The van der Waals surface area contributed by atoms with Crippen LogP contribution in [0.2, 0.25) is 0 Å². The summed E-state index contributed by atoms with van der Waals surface area (Å²) in [7, 11) is 3.03. The summed E-state index contributed by atoms with van der Waals surface area (Å²) in [4.78, 5) is 60.4. The summed E-state index contributed by atoms with van der Waals surface area (Å²) >= 11 is 0. The lowest BCUT2D eigenvalue weighted by Gasteiger charge is -2.40. The monoisotopic (exact) mass is 588 g/mol. The maximum atomic E-state index is 14.0. The Hall–Kier alpha value is -4.42. The van der Waals surface area contributed by atoms with Crippen molar-refractivity contribution in [1.29, 1.82) is 0 Å². The summed E-state index contributed by atoms with van der Waals surface area (Å²) in [6, 6.07) is 18.7. The number of aliphatic carboxylic acids is 1. The zero-order chi connectivity index (χ0) is 30.8. The van der Waals surface area contributed by atoms with E-state index in [1.54, 1.807) is 7.05 Å². The number of carbonyl (C=O) groups is 4. The fraction of sp³-hybridized carbons (Fsp3) is 0.414. The number of nitrogens with zero attached hydrogens (tertiary/aromatic N) is 4. The molecule has 3 aliphatic heterocycles. The van der Waals surface area contributed by atoms with Crippen LogP contribution in [0.25, 0.3) is 0 Å². The van der Waals surface area contributed by atoms with Gasteiger partial charge in [0.1, 0.15) is 0 Å². The number of carboxylic acids is 1. The molecule has 0 aromatic heterocycles. The number of esters is 1. The predicted octanol–water partition coefficient (Wildman–Crippen LogP) is 2.58. The standard InChI is InChI=1S/C27H30N4O4.C2HF3O2/c1-4-29-17-20-21-22(24(33)30(23(21)32)16-19-13-9-6-10-14-19)27(25(34)35-3,31(20)26(29)28-2)15-18-11-7-5-8-12-18;3-2(4,5)1(6)7/h5-14,20-22H,4,15-17H2,1-3H3;(H,6,7)/t20-,21+,22-,27-;/m1./s1. The lowest BCUT2D eigenvalue weighted by Crippen LogP contribution is -2.61. The van der Waals surface area contributed by atoms with Gasteiger partial charge in [-0.3, -0.25) is 19.5 Å². The largest absolute Gasteiger partial charge is 0.490 e. The Morgan fingerprint density at radius 2 is 1.57 bits per heavy atom. The number of halogens is 3. The molecule has 2 aromatic rings. The van der Waals surface area contributed by atoms with E-state index in [1.807, 2.05) is 72.5 Å². The van der Waals surface area contributed by atoms with Crippen molar-refractivity contribution in [1.82, 2.24) is 14.7 Å². The van der Waals surface area contributed by atoms with Crippen LogP contribution < -0.4 is 0 Å². The number of carboxylic acid groups (broad SMARTS) is 1. The number of benzene rings is 2. The third-order valence-electron chi connectivity index (χ3n) is 7.90. The summed E-state index contributed by atoms with van der Waals surface area (Å²) in [5.74, 6) is -4.70. The first-order valence-corrected chi connectivity index (χ1v) is 13.2. The lowest BCUT2D eigenvalue weighted by molar-refractivity contribution is -0.192. The average molecular weight is 589 g/mol. The molecule has 1 N–H and O–H groups in total. The van der Waals surface area contributed by atoms with Crippen LogP contribution in [-0.2, 0) is 36.9 Å². The number of fused-ring (bicyclic) bond motifs is 3. The molecular weight excluding hydrogens is 557 g/mol. The highest BCUT2D eigenvalue weighted by molar-refractivity contribution is 6.11. The number of imide groups is 1. The number of aliphatic imine (C=N–C) groups is 1. The van der Waals surface area contributed by atoms with Crippen molar-refractivity contribution in [3.63, 3.8) is 0 Å². The second kappa shape index (κ2) is 11.8. The van der Waals surface area contributed by atoms with Crippen LogP contribution in [0.4, 0.5) is 13.2 Å². The molecule has 2 aromatic carbocycles. The molecule has 0 radical (unpaired) electrons. The fourth-order valence-corrected chi connectivity index (χ4v) is 6.25. The number of likely N-dealkylation sites (N-methyl/N-ethyl adjacent to an activating group) is 1. The van der Waals surface area contributed by atoms with E-state index < -0.39 is 35.5 Å². The van der Waals surface area contributed by atoms with E-state index >= 15 is 0 Å². The van der Waals surface area contributed by atoms with E-state index in [0.717, 1.165) is 11.1 Å². The average Bonchev–Trinajstić information content (AvgIpc) is 3.56. The number of ether oxygens (including phenoxy) is 1. The molecule has 0 bridgehead atoms. The third kappa shape index (κ3) is 5.19. The number of hydrogen-bond donors (Lipinski definition) is 1. The molecule has 3 heterocycles. The van der Waals surface area contributed by atoms with Crippen LogP contribution in [0.1, 0.15) is 18.1 Å². The van der Waals surface area contributed by atoms with Crippen molar-refractivity contribution < 1.29 is 42.2 Å². The Morgan fingerprint density at radius 3 is 2.05 bits per heavy atom. The number of likely N-dealkylation sites (tertiary alicyclic amines) is 1. The Kier molecular flexibility index (Phi) is 8.60. The van der Waals surface area contributed by atoms with Crippen molar-refractivity contribution in [2.75, 3.05) is 27.2 Å². The van der Waals surface area contributed by atoms with Gasteiger partial charge in [0.25, 0.3) is 0 Å². The topological polar surface area (TPSA) is 120 Å². The van der Waals surface area contributed by atoms with Crippen LogP contribution in [-0.4, -0.2) is 94.5 Å².